The highest BCUT2D eigenvalue weighted by Crippen LogP contribution is 2.31. The minimum Gasteiger partial charge on any atom is -0.382 e. The van der Waals surface area contributed by atoms with Gasteiger partial charge in [0.1, 0.15) is 11.3 Å². The van der Waals surface area contributed by atoms with Crippen molar-refractivity contribution in [1.82, 2.24) is 29.7 Å². The summed E-state index contributed by atoms with van der Waals surface area (Å²) < 4.78 is 3.56. The van der Waals surface area contributed by atoms with Crippen molar-refractivity contribution in [2.75, 3.05) is 13.1 Å². The Labute approximate surface area is 140 Å². The van der Waals surface area contributed by atoms with Crippen LogP contribution < -0.4 is 0 Å². The molecule has 1 atom stereocenters. The molecule has 0 unspecified atom stereocenters. The lowest BCUT2D eigenvalue weighted by Gasteiger charge is -2.37. The van der Waals surface area contributed by atoms with E-state index in [1.165, 1.54) is 0 Å². The minimum absolute atomic E-state index is 0.229. The fourth-order valence-corrected chi connectivity index (χ4v) is 3.26. The van der Waals surface area contributed by atoms with E-state index in [2.05, 4.69) is 20.3 Å². The maximum atomic E-state index is 11.1. The van der Waals surface area contributed by atoms with Crippen LogP contribution in [0.2, 0.25) is 5.02 Å². The third-order valence-corrected chi connectivity index (χ3v) is 4.77. The van der Waals surface area contributed by atoms with Crippen LogP contribution >= 0.6 is 11.6 Å². The Morgan fingerprint density at radius 3 is 2.83 bits per heavy atom. The van der Waals surface area contributed by atoms with Gasteiger partial charge in [0.2, 0.25) is 0 Å². The number of hydrogen-bond acceptors (Lipinski definition) is 5. The maximum absolute atomic E-state index is 11.1. The number of nitrogens with zero attached hydrogens (tertiary/aromatic N) is 6. The first-order valence-electron chi connectivity index (χ1n) is 7.92. The van der Waals surface area contributed by atoms with Gasteiger partial charge in [0.25, 0.3) is 0 Å². The van der Waals surface area contributed by atoms with E-state index in [1.807, 2.05) is 27.1 Å². The Bertz CT molecular complexity index is 662. The van der Waals surface area contributed by atoms with E-state index in [0.717, 1.165) is 18.7 Å². The van der Waals surface area contributed by atoms with Crippen molar-refractivity contribution in [3.05, 3.63) is 28.8 Å². The van der Waals surface area contributed by atoms with Gasteiger partial charge in [-0.3, -0.25) is 9.58 Å². The normalized spacial score (nSPS) is 22.9. The lowest BCUT2D eigenvalue weighted by atomic mass is 9.90. The summed E-state index contributed by atoms with van der Waals surface area (Å²) in [5.74, 6) is 0. The summed E-state index contributed by atoms with van der Waals surface area (Å²) in [6, 6.07) is 0.229. The Morgan fingerprint density at radius 1 is 1.43 bits per heavy atom. The number of piperidine rings is 1. The molecule has 1 N–H and O–H groups in total. The Morgan fingerprint density at radius 2 is 2.22 bits per heavy atom. The third-order valence-electron chi connectivity index (χ3n) is 4.45. The van der Waals surface area contributed by atoms with Crippen LogP contribution in [0.5, 0.6) is 0 Å². The molecule has 0 radical (unpaired) electrons. The molecule has 0 spiro atoms. The fourth-order valence-electron chi connectivity index (χ4n) is 3.04. The quantitative estimate of drug-likeness (QED) is 0.919. The van der Waals surface area contributed by atoms with Crippen LogP contribution in [-0.4, -0.2) is 47.9 Å². The second kappa shape index (κ2) is 6.22. The first-order valence-corrected chi connectivity index (χ1v) is 8.30. The van der Waals surface area contributed by atoms with Crippen molar-refractivity contribution in [2.24, 2.45) is 7.05 Å². The number of aliphatic hydroxyl groups is 1. The smallest absolute Gasteiger partial charge is 0.123 e. The van der Waals surface area contributed by atoms with Gasteiger partial charge in [-0.2, -0.15) is 5.10 Å². The van der Waals surface area contributed by atoms with E-state index in [4.69, 9.17) is 11.6 Å². The predicted molar refractivity (Wildman–Crippen MR) is 87.0 cm³/mol. The molecule has 0 saturated carbocycles. The van der Waals surface area contributed by atoms with Crippen molar-refractivity contribution >= 4 is 11.6 Å². The molecule has 1 aliphatic rings. The van der Waals surface area contributed by atoms with E-state index in [0.29, 0.717) is 30.2 Å². The van der Waals surface area contributed by atoms with E-state index >= 15 is 0 Å². The van der Waals surface area contributed by atoms with E-state index in [9.17, 15) is 5.11 Å². The van der Waals surface area contributed by atoms with E-state index < -0.39 is 5.60 Å². The fraction of sp³-hybridized carbons (Fsp3) is 0.667. The molecule has 1 saturated heterocycles. The van der Waals surface area contributed by atoms with Gasteiger partial charge in [0.05, 0.1) is 23.1 Å². The monoisotopic (exact) mass is 338 g/mol. The number of likely N-dealkylation sites (tertiary alicyclic amines) is 1. The number of aromatic nitrogens is 5. The Hall–Kier alpha value is -1.44. The molecule has 7 nitrogen and oxygen atoms in total. The largest absolute Gasteiger partial charge is 0.382 e. The third kappa shape index (κ3) is 3.27. The van der Waals surface area contributed by atoms with Crippen molar-refractivity contribution in [3.63, 3.8) is 0 Å². The molecule has 8 heteroatoms. The molecule has 0 amide bonds. The molecule has 0 aliphatic carbocycles. The van der Waals surface area contributed by atoms with Crippen molar-refractivity contribution in [1.29, 1.82) is 0 Å². The molecule has 2 aromatic heterocycles. The average Bonchev–Trinajstić information content (AvgIpc) is 3.11. The molecule has 0 aromatic carbocycles. The van der Waals surface area contributed by atoms with Gasteiger partial charge in [-0.05, 0) is 33.2 Å². The van der Waals surface area contributed by atoms with Gasteiger partial charge in [0.15, 0.2) is 0 Å². The lowest BCUT2D eigenvalue weighted by molar-refractivity contribution is -0.0420. The molecule has 3 heterocycles. The van der Waals surface area contributed by atoms with Crippen LogP contribution in [0.1, 0.15) is 44.1 Å². The summed E-state index contributed by atoms with van der Waals surface area (Å²) in [5, 5.41) is 24.2. The van der Waals surface area contributed by atoms with Crippen LogP contribution in [0, 0.1) is 0 Å². The first kappa shape index (κ1) is 16.4. The summed E-state index contributed by atoms with van der Waals surface area (Å²) in [4.78, 5) is 2.20. The summed E-state index contributed by atoms with van der Waals surface area (Å²) >= 11 is 6.19. The Kier molecular flexibility index (Phi) is 4.44. The SMILES string of the molecule is CC(C)n1cc([C@]2(O)CCCN(Cc3c(Cl)cnn3C)C2)nn1. The van der Waals surface area contributed by atoms with Gasteiger partial charge in [0, 0.05) is 26.2 Å². The van der Waals surface area contributed by atoms with Gasteiger partial charge in [-0.15, -0.1) is 5.10 Å². The molecular formula is C15H23ClN6O. The number of rotatable bonds is 4. The first-order chi connectivity index (χ1) is 10.9. The number of β-amino-alcohol motifs (C(OH)–C–C–N with tert-alkyl or cyclic N) is 1. The maximum Gasteiger partial charge on any atom is 0.123 e. The molecule has 1 fully saturated rings. The van der Waals surface area contributed by atoms with Crippen LogP contribution in [0.4, 0.5) is 0 Å². The van der Waals surface area contributed by atoms with Crippen LogP contribution in [0.15, 0.2) is 12.4 Å². The molecule has 126 valence electrons. The van der Waals surface area contributed by atoms with Gasteiger partial charge in [-0.25, -0.2) is 4.68 Å². The highest BCUT2D eigenvalue weighted by atomic mass is 35.5. The van der Waals surface area contributed by atoms with E-state index in [-0.39, 0.29) is 6.04 Å². The highest BCUT2D eigenvalue weighted by molar-refractivity contribution is 6.31. The standard InChI is InChI=1S/C15H23ClN6O/c1-11(2)22-9-14(18-19-22)15(23)5-4-6-21(10-15)8-13-12(16)7-17-20(13)3/h7,9,11,23H,4-6,8,10H2,1-3H3/t15-/m0/s1. The molecule has 0 bridgehead atoms. The zero-order valence-corrected chi connectivity index (χ0v) is 14.5. The van der Waals surface area contributed by atoms with Crippen LogP contribution in [-0.2, 0) is 19.2 Å². The highest BCUT2D eigenvalue weighted by Gasteiger charge is 2.38. The number of halogens is 1. The predicted octanol–water partition coefficient (Wildman–Crippen LogP) is 1.73. The van der Waals surface area contributed by atoms with Gasteiger partial charge >= 0.3 is 0 Å². The van der Waals surface area contributed by atoms with Crippen LogP contribution in [0.25, 0.3) is 0 Å². The van der Waals surface area contributed by atoms with Gasteiger partial charge in [-0.1, -0.05) is 16.8 Å². The molecule has 23 heavy (non-hydrogen) atoms. The van der Waals surface area contributed by atoms with E-state index in [1.54, 1.807) is 15.6 Å². The van der Waals surface area contributed by atoms with Crippen molar-refractivity contribution in [3.8, 4) is 0 Å². The molecule has 3 rings (SSSR count). The van der Waals surface area contributed by atoms with Crippen LogP contribution in [0.3, 0.4) is 0 Å². The average molecular weight is 339 g/mol. The second-order valence-corrected chi connectivity index (χ2v) is 6.99. The topological polar surface area (TPSA) is 72.0 Å². The van der Waals surface area contributed by atoms with Crippen molar-refractivity contribution < 1.29 is 5.11 Å². The summed E-state index contributed by atoms with van der Waals surface area (Å²) in [6.07, 6.45) is 5.10. The van der Waals surface area contributed by atoms with Gasteiger partial charge < -0.3 is 5.11 Å². The summed E-state index contributed by atoms with van der Waals surface area (Å²) in [6.45, 7) is 6.18. The Balaban J connectivity index is 1.76. The molecule has 1 aliphatic heterocycles. The number of aryl methyl sites for hydroxylation is 1. The zero-order chi connectivity index (χ0) is 16.6. The molecule has 2 aromatic rings. The minimum atomic E-state index is -0.962. The zero-order valence-electron chi connectivity index (χ0n) is 13.8. The summed E-state index contributed by atoms with van der Waals surface area (Å²) in [7, 11) is 1.88. The lowest BCUT2D eigenvalue weighted by Crippen LogP contribution is -2.46. The second-order valence-electron chi connectivity index (χ2n) is 6.59. The summed E-state index contributed by atoms with van der Waals surface area (Å²) in [5.41, 5.74) is 0.643. The molecular weight excluding hydrogens is 316 g/mol. The van der Waals surface area contributed by atoms with Crippen molar-refractivity contribution in [2.45, 2.75) is 44.9 Å². The number of hydrogen-bond donors (Lipinski definition) is 1.